The van der Waals surface area contributed by atoms with Crippen LogP contribution in [0.4, 0.5) is 30.6 Å². The average molecular weight is 1280 g/mol. The molecule has 12 rings (SSSR count). The number of aromatic nitrogens is 3. The van der Waals surface area contributed by atoms with Crippen LogP contribution in [0.2, 0.25) is 0 Å². The van der Waals surface area contributed by atoms with Gasteiger partial charge in [0.25, 0.3) is 17.7 Å². The van der Waals surface area contributed by atoms with Crippen LogP contribution in [-0.2, 0) is 0 Å². The van der Waals surface area contributed by atoms with Crippen molar-refractivity contribution in [3.63, 3.8) is 0 Å². The summed E-state index contributed by atoms with van der Waals surface area (Å²) in [7, 11) is 0. The average Bonchev–Trinajstić information content (AvgIpc) is 4.49. The molecule has 6 atom stereocenters. The molecule has 0 spiro atoms. The first-order chi connectivity index (χ1) is 39.1. The van der Waals surface area contributed by atoms with Gasteiger partial charge in [-0.2, -0.15) is 0 Å². The minimum absolute atomic E-state index is 0.0268. The van der Waals surface area contributed by atoms with Crippen LogP contribution in [0, 0.1) is 17.5 Å². The summed E-state index contributed by atoms with van der Waals surface area (Å²) in [6.07, 6.45) is 7.35. The third-order valence-electron chi connectivity index (χ3n) is 14.2. The summed E-state index contributed by atoms with van der Waals surface area (Å²) in [6, 6.07) is 48.9. The van der Waals surface area contributed by atoms with Gasteiger partial charge < -0.3 is 33.2 Å². The van der Waals surface area contributed by atoms with Gasteiger partial charge in [-0.15, -0.1) is 0 Å². The lowest BCUT2D eigenvalue weighted by atomic mass is 10.0. The van der Waals surface area contributed by atoms with Crippen molar-refractivity contribution in [2.45, 2.75) is 55.1 Å². The van der Waals surface area contributed by atoms with E-state index >= 15 is 0 Å². The smallest absolute Gasteiger partial charge is 0.254 e. The second kappa shape index (κ2) is 24.7. The normalized spacial score (nSPS) is 18.1. The molecule has 0 radical (unpaired) electrons. The zero-order valence-corrected chi connectivity index (χ0v) is 47.7. The van der Waals surface area contributed by atoms with E-state index in [2.05, 4.69) is 78.7 Å². The first kappa shape index (κ1) is 56.1. The zero-order valence-electron chi connectivity index (χ0n) is 43.0. The van der Waals surface area contributed by atoms with E-state index in [-0.39, 0.29) is 34.8 Å². The van der Waals surface area contributed by atoms with Crippen LogP contribution in [0.1, 0.15) is 84.8 Å². The predicted molar refractivity (Wildman–Crippen MR) is 320 cm³/mol. The Bertz CT molecular complexity index is 3420. The number of hydrogen-bond acceptors (Lipinski definition) is 9. The standard InChI is InChI=1S/3C21H17BrFN3O/c3*22-14-9-17(20(24)25-11-14)13-6-7-15(18(23)8-13)21(27)26-19-10-16(19)12-4-2-1-3-5-12/h3*1-9,11,16,19H,10H2,(H2,24,25)(H,26,27)/t3*16-,19+/m110/s1. The maximum absolute atomic E-state index is 14.6. The van der Waals surface area contributed by atoms with Crippen molar-refractivity contribution in [2.75, 3.05) is 17.2 Å². The van der Waals surface area contributed by atoms with Crippen LogP contribution in [0.5, 0.6) is 0 Å². The Morgan fingerprint density at radius 3 is 0.901 bits per heavy atom. The molecule has 81 heavy (non-hydrogen) atoms. The molecule has 0 saturated heterocycles. The highest BCUT2D eigenvalue weighted by Crippen LogP contribution is 2.43. The van der Waals surface area contributed by atoms with E-state index in [4.69, 9.17) is 17.2 Å². The lowest BCUT2D eigenvalue weighted by Gasteiger charge is -2.09. The van der Waals surface area contributed by atoms with Crippen LogP contribution in [-0.4, -0.2) is 50.8 Å². The summed E-state index contributed by atoms with van der Waals surface area (Å²) >= 11 is 10.00. The largest absolute Gasteiger partial charge is 0.383 e. The van der Waals surface area contributed by atoms with Crippen LogP contribution < -0.4 is 33.2 Å². The topological polar surface area (TPSA) is 204 Å². The third kappa shape index (κ3) is 13.7. The molecule has 3 amide bonds. The van der Waals surface area contributed by atoms with Crippen molar-refractivity contribution >= 4 is 83.0 Å². The van der Waals surface area contributed by atoms with Crippen molar-refractivity contribution in [1.82, 2.24) is 30.9 Å². The van der Waals surface area contributed by atoms with Gasteiger partial charge in [0.1, 0.15) is 34.9 Å². The molecule has 9 aromatic rings. The van der Waals surface area contributed by atoms with Crippen molar-refractivity contribution in [3.8, 4) is 33.4 Å². The van der Waals surface area contributed by atoms with Crippen LogP contribution >= 0.6 is 47.8 Å². The first-order valence-electron chi connectivity index (χ1n) is 25.8. The molecule has 3 fully saturated rings. The van der Waals surface area contributed by atoms with Gasteiger partial charge in [-0.05, 0) is 155 Å². The molecule has 0 unspecified atom stereocenters. The molecule has 3 aliphatic rings. The minimum Gasteiger partial charge on any atom is -0.383 e. The van der Waals surface area contributed by atoms with Crippen LogP contribution in [0.3, 0.4) is 0 Å². The second-order valence-corrected chi connectivity index (χ2v) is 22.6. The molecular weight excluding hydrogens is 1230 g/mol. The zero-order chi connectivity index (χ0) is 56.9. The second-order valence-electron chi connectivity index (χ2n) is 19.8. The number of carbonyl (C=O) groups excluding carboxylic acids is 3. The quantitative estimate of drug-likeness (QED) is 0.0688. The number of pyridine rings is 3. The lowest BCUT2D eigenvalue weighted by molar-refractivity contribution is 0.0937. The SMILES string of the molecule is Nc1ncc(Br)cc1-c1ccc(C(=O)N[C@@H]2C[C@H]2c2ccccc2)c(F)c1.Nc1ncc(Br)cc1-c1ccc(C(=O)N[C@H]2C[C@@H]2c2ccccc2)c(F)c1.Nc1ncc(Br)cc1-c1ccc(C(=O)N[C@H]2C[C@@H]2c2ccccc2)c(F)c1. The molecule has 3 aromatic heterocycles. The Balaban J connectivity index is 0.000000136. The molecule has 3 aliphatic carbocycles. The van der Waals surface area contributed by atoms with Gasteiger partial charge >= 0.3 is 0 Å². The van der Waals surface area contributed by atoms with Crippen molar-refractivity contribution < 1.29 is 27.6 Å². The molecule has 0 bridgehead atoms. The number of nitrogens with two attached hydrogens (primary N) is 3. The van der Waals surface area contributed by atoms with Crippen molar-refractivity contribution in [2.24, 2.45) is 0 Å². The number of anilines is 3. The minimum atomic E-state index is -0.582. The summed E-state index contributed by atoms with van der Waals surface area (Å²) in [5.74, 6) is -1.15. The Kier molecular flexibility index (Phi) is 17.1. The van der Waals surface area contributed by atoms with E-state index in [1.807, 2.05) is 91.0 Å². The predicted octanol–water partition coefficient (Wildman–Crippen LogP) is 13.6. The molecule has 6 aromatic carbocycles. The highest BCUT2D eigenvalue weighted by Gasteiger charge is 2.41. The van der Waals surface area contributed by atoms with E-state index < -0.39 is 35.2 Å². The fourth-order valence-corrected chi connectivity index (χ4v) is 10.6. The number of carbonyl (C=O) groups is 3. The number of nitrogens with zero attached hydrogens (tertiary/aromatic N) is 3. The van der Waals surface area contributed by atoms with Gasteiger partial charge in [0.05, 0.1) is 16.7 Å². The Morgan fingerprint density at radius 2 is 0.654 bits per heavy atom. The maximum atomic E-state index is 14.6. The number of rotatable bonds is 12. The van der Waals surface area contributed by atoms with Crippen LogP contribution in [0.15, 0.2) is 196 Å². The Labute approximate surface area is 490 Å². The number of halogens is 6. The molecule has 0 aliphatic heterocycles. The van der Waals surface area contributed by atoms with Gasteiger partial charge in [0.2, 0.25) is 0 Å². The summed E-state index contributed by atoms with van der Waals surface area (Å²) < 4.78 is 46.0. The number of hydrogen-bond donors (Lipinski definition) is 6. The number of amides is 3. The maximum Gasteiger partial charge on any atom is 0.254 e. The van der Waals surface area contributed by atoms with Crippen LogP contribution in [0.25, 0.3) is 33.4 Å². The highest BCUT2D eigenvalue weighted by atomic mass is 79.9. The van der Waals surface area contributed by atoms with E-state index in [0.717, 1.165) is 32.7 Å². The van der Waals surface area contributed by atoms with E-state index in [1.54, 1.807) is 55.0 Å². The van der Waals surface area contributed by atoms with Gasteiger partial charge in [-0.1, -0.05) is 109 Å². The fraction of sp³-hybridized carbons (Fsp3) is 0.143. The van der Waals surface area contributed by atoms with E-state index in [9.17, 15) is 27.6 Å². The van der Waals surface area contributed by atoms with E-state index in [1.165, 1.54) is 53.1 Å². The molecule has 18 heteroatoms. The van der Waals surface area contributed by atoms with Gasteiger partial charge in [-0.25, -0.2) is 28.1 Å². The summed E-state index contributed by atoms with van der Waals surface area (Å²) in [5, 5.41) is 8.75. The molecule has 3 heterocycles. The number of benzene rings is 6. The van der Waals surface area contributed by atoms with Crippen molar-refractivity contribution in [1.29, 1.82) is 0 Å². The molecule has 9 N–H and O–H groups in total. The lowest BCUT2D eigenvalue weighted by Crippen LogP contribution is -2.27. The molecule has 12 nitrogen and oxygen atoms in total. The first-order valence-corrected chi connectivity index (χ1v) is 28.2. The molecular formula is C63H51Br3F3N9O3. The molecule has 3 saturated carbocycles. The number of nitrogen functional groups attached to an aromatic ring is 3. The van der Waals surface area contributed by atoms with Gasteiger partial charge in [0.15, 0.2) is 0 Å². The summed E-state index contributed by atoms with van der Waals surface area (Å²) in [6.45, 7) is 0. The third-order valence-corrected chi connectivity index (χ3v) is 15.5. The fourth-order valence-electron chi connectivity index (χ4n) is 9.65. The molecule has 408 valence electrons. The van der Waals surface area contributed by atoms with Gasteiger partial charge in [0, 0.05) is 84.6 Å². The summed E-state index contributed by atoms with van der Waals surface area (Å²) in [4.78, 5) is 49.6. The highest BCUT2D eigenvalue weighted by molar-refractivity contribution is 9.11. The van der Waals surface area contributed by atoms with Crippen molar-refractivity contribution in [3.05, 3.63) is 247 Å². The number of nitrogens with one attached hydrogen (secondary N) is 3. The Morgan fingerprint density at radius 1 is 0.395 bits per heavy atom. The summed E-state index contributed by atoms with van der Waals surface area (Å²) in [5.41, 5.74) is 24.9. The van der Waals surface area contributed by atoms with E-state index in [0.29, 0.717) is 68.6 Å². The monoisotopic (exact) mass is 1280 g/mol. The van der Waals surface area contributed by atoms with Gasteiger partial charge in [-0.3, -0.25) is 14.4 Å². The Hall–Kier alpha value is -8.19.